The Bertz CT molecular complexity index is 1120. The van der Waals surface area contributed by atoms with Crippen molar-refractivity contribution in [1.29, 1.82) is 0 Å². The molecular formula is C23H25ClN4O2. The van der Waals surface area contributed by atoms with Gasteiger partial charge in [0, 0.05) is 49.9 Å². The van der Waals surface area contributed by atoms with Crippen LogP contribution in [0.3, 0.4) is 0 Å². The van der Waals surface area contributed by atoms with Crippen molar-refractivity contribution >= 4 is 34.1 Å². The van der Waals surface area contributed by atoms with Crippen molar-refractivity contribution in [3.63, 3.8) is 0 Å². The number of carbonyl (C=O) groups excluding carboxylic acids is 1. The quantitative estimate of drug-likeness (QED) is 0.629. The summed E-state index contributed by atoms with van der Waals surface area (Å²) >= 11 is 6.08. The van der Waals surface area contributed by atoms with Gasteiger partial charge in [0.05, 0.1) is 17.2 Å². The number of benzene rings is 2. The van der Waals surface area contributed by atoms with Gasteiger partial charge in [-0.2, -0.15) is 0 Å². The lowest BCUT2D eigenvalue weighted by Crippen LogP contribution is -2.48. The molecule has 0 N–H and O–H groups in total. The van der Waals surface area contributed by atoms with Gasteiger partial charge in [-0.15, -0.1) is 0 Å². The Morgan fingerprint density at radius 1 is 1.10 bits per heavy atom. The van der Waals surface area contributed by atoms with Crippen LogP contribution >= 0.6 is 11.6 Å². The average molecular weight is 425 g/mol. The van der Waals surface area contributed by atoms with E-state index in [9.17, 15) is 9.59 Å². The van der Waals surface area contributed by atoms with Gasteiger partial charge in [-0.05, 0) is 43.2 Å². The van der Waals surface area contributed by atoms with Crippen LogP contribution < -0.4 is 10.5 Å². The highest BCUT2D eigenvalue weighted by atomic mass is 35.5. The molecule has 1 aliphatic rings. The van der Waals surface area contributed by atoms with Gasteiger partial charge in [0.2, 0.25) is 5.91 Å². The molecule has 2 heterocycles. The number of rotatable bonds is 5. The number of para-hydroxylation sites is 1. The van der Waals surface area contributed by atoms with Crippen LogP contribution in [0.2, 0.25) is 5.02 Å². The molecule has 2 aromatic carbocycles. The lowest BCUT2D eigenvalue weighted by Gasteiger charge is -2.36. The summed E-state index contributed by atoms with van der Waals surface area (Å²) in [7, 11) is 0. The lowest BCUT2D eigenvalue weighted by atomic mass is 10.1. The Balaban J connectivity index is 1.30. The fourth-order valence-corrected chi connectivity index (χ4v) is 4.13. The summed E-state index contributed by atoms with van der Waals surface area (Å²) in [5.41, 5.74) is 2.77. The Kier molecular flexibility index (Phi) is 6.04. The van der Waals surface area contributed by atoms with Crippen molar-refractivity contribution in [2.75, 3.05) is 31.1 Å². The van der Waals surface area contributed by atoms with Crippen LogP contribution in [0.5, 0.6) is 0 Å². The van der Waals surface area contributed by atoms with E-state index in [1.54, 1.807) is 17.0 Å². The second-order valence-corrected chi connectivity index (χ2v) is 8.10. The Morgan fingerprint density at radius 2 is 1.87 bits per heavy atom. The molecule has 1 amide bonds. The number of amides is 1. The Hall–Kier alpha value is -2.86. The molecule has 0 unspecified atom stereocenters. The molecule has 4 rings (SSSR count). The van der Waals surface area contributed by atoms with Gasteiger partial charge >= 0.3 is 0 Å². The molecule has 0 aliphatic carbocycles. The topological polar surface area (TPSA) is 58.4 Å². The Morgan fingerprint density at radius 3 is 2.63 bits per heavy atom. The molecule has 0 spiro atoms. The van der Waals surface area contributed by atoms with Gasteiger partial charge < -0.3 is 9.80 Å². The summed E-state index contributed by atoms with van der Waals surface area (Å²) in [5, 5.41) is 1.35. The van der Waals surface area contributed by atoms with Gasteiger partial charge in [0.15, 0.2) is 0 Å². The fourth-order valence-electron chi connectivity index (χ4n) is 3.94. The first-order valence-corrected chi connectivity index (χ1v) is 10.6. The number of aryl methyl sites for hydroxylation is 2. The summed E-state index contributed by atoms with van der Waals surface area (Å²) in [6.07, 6.45) is 2.63. The largest absolute Gasteiger partial charge is 0.368 e. The highest BCUT2D eigenvalue weighted by molar-refractivity contribution is 6.30. The zero-order valence-corrected chi connectivity index (χ0v) is 17.8. The normalized spacial score (nSPS) is 14.3. The van der Waals surface area contributed by atoms with Crippen molar-refractivity contribution in [3.8, 4) is 0 Å². The van der Waals surface area contributed by atoms with E-state index in [1.807, 2.05) is 48.2 Å². The van der Waals surface area contributed by atoms with E-state index in [0.29, 0.717) is 37.9 Å². The first kappa shape index (κ1) is 20.4. The zero-order valence-electron chi connectivity index (χ0n) is 17.1. The van der Waals surface area contributed by atoms with E-state index in [0.717, 1.165) is 34.9 Å². The minimum absolute atomic E-state index is 0.0497. The van der Waals surface area contributed by atoms with Crippen molar-refractivity contribution in [2.24, 2.45) is 0 Å². The molecule has 1 aromatic heterocycles. The van der Waals surface area contributed by atoms with Crippen molar-refractivity contribution in [1.82, 2.24) is 14.5 Å². The second kappa shape index (κ2) is 8.88. The predicted molar refractivity (Wildman–Crippen MR) is 120 cm³/mol. The van der Waals surface area contributed by atoms with Crippen LogP contribution in [0, 0.1) is 6.92 Å². The summed E-state index contributed by atoms with van der Waals surface area (Å²) in [6.45, 7) is 5.41. The standard InChI is InChI=1S/C23H25ClN4O2/c1-17-5-2-8-20-22(17)25-16-28(23(20)30)10-4-9-21(29)27-13-11-26(12-14-27)19-7-3-6-18(24)15-19/h2-3,5-8,15-16H,4,9-14H2,1H3. The maximum atomic E-state index is 12.7. The van der Waals surface area contributed by atoms with E-state index in [2.05, 4.69) is 9.88 Å². The first-order chi connectivity index (χ1) is 14.5. The number of aromatic nitrogens is 2. The Labute approximate surface area is 180 Å². The van der Waals surface area contributed by atoms with E-state index < -0.39 is 0 Å². The van der Waals surface area contributed by atoms with E-state index in [1.165, 1.54) is 0 Å². The summed E-state index contributed by atoms with van der Waals surface area (Å²) in [5.74, 6) is 0.137. The average Bonchev–Trinajstić information content (AvgIpc) is 2.76. The number of carbonyl (C=O) groups is 1. The number of hydrogen-bond donors (Lipinski definition) is 0. The molecule has 3 aromatic rings. The number of nitrogens with zero attached hydrogens (tertiary/aromatic N) is 4. The molecule has 156 valence electrons. The van der Waals surface area contributed by atoms with Crippen LogP contribution in [0.25, 0.3) is 10.9 Å². The smallest absolute Gasteiger partial charge is 0.261 e. The van der Waals surface area contributed by atoms with Crippen molar-refractivity contribution < 1.29 is 4.79 Å². The number of halogens is 1. The van der Waals surface area contributed by atoms with Crippen molar-refractivity contribution in [2.45, 2.75) is 26.3 Å². The summed E-state index contributed by atoms with van der Waals surface area (Å²) in [4.78, 5) is 33.9. The predicted octanol–water partition coefficient (Wildman–Crippen LogP) is 3.49. The maximum Gasteiger partial charge on any atom is 0.261 e. The third kappa shape index (κ3) is 4.33. The minimum atomic E-state index is -0.0497. The monoisotopic (exact) mass is 424 g/mol. The van der Waals surface area contributed by atoms with Crippen LogP contribution in [-0.2, 0) is 11.3 Å². The number of piperazine rings is 1. The second-order valence-electron chi connectivity index (χ2n) is 7.67. The van der Waals surface area contributed by atoms with E-state index in [4.69, 9.17) is 11.6 Å². The summed E-state index contributed by atoms with van der Waals surface area (Å²) in [6, 6.07) is 13.4. The van der Waals surface area contributed by atoms with Gasteiger partial charge in [0.25, 0.3) is 5.56 Å². The third-order valence-electron chi connectivity index (χ3n) is 5.65. The molecule has 7 heteroatoms. The molecule has 1 fully saturated rings. The maximum absolute atomic E-state index is 12.7. The third-order valence-corrected chi connectivity index (χ3v) is 5.89. The van der Waals surface area contributed by atoms with Crippen LogP contribution in [-0.4, -0.2) is 46.5 Å². The molecule has 0 radical (unpaired) electrons. The van der Waals surface area contributed by atoms with Crippen LogP contribution in [0.15, 0.2) is 53.6 Å². The number of fused-ring (bicyclic) bond motifs is 1. The highest BCUT2D eigenvalue weighted by Crippen LogP contribution is 2.21. The van der Waals surface area contributed by atoms with Gasteiger partial charge in [-0.1, -0.05) is 29.8 Å². The van der Waals surface area contributed by atoms with Crippen molar-refractivity contribution in [3.05, 3.63) is 69.7 Å². The van der Waals surface area contributed by atoms with E-state index >= 15 is 0 Å². The SMILES string of the molecule is Cc1cccc2c(=O)n(CCCC(=O)N3CCN(c4cccc(Cl)c4)CC3)cnc12. The lowest BCUT2D eigenvalue weighted by molar-refractivity contribution is -0.131. The minimum Gasteiger partial charge on any atom is -0.368 e. The molecular weight excluding hydrogens is 400 g/mol. The fraction of sp³-hybridized carbons (Fsp3) is 0.348. The summed E-state index contributed by atoms with van der Waals surface area (Å²) < 4.78 is 1.60. The van der Waals surface area contributed by atoms with Crippen LogP contribution in [0.4, 0.5) is 5.69 Å². The number of anilines is 1. The molecule has 30 heavy (non-hydrogen) atoms. The van der Waals surface area contributed by atoms with Gasteiger partial charge in [-0.25, -0.2) is 4.98 Å². The van der Waals surface area contributed by atoms with Gasteiger partial charge in [0.1, 0.15) is 0 Å². The molecule has 0 saturated carbocycles. The number of hydrogen-bond acceptors (Lipinski definition) is 4. The molecule has 0 atom stereocenters. The molecule has 6 nitrogen and oxygen atoms in total. The van der Waals surface area contributed by atoms with E-state index in [-0.39, 0.29) is 11.5 Å². The van der Waals surface area contributed by atoms with Crippen LogP contribution in [0.1, 0.15) is 18.4 Å². The molecule has 0 bridgehead atoms. The highest BCUT2D eigenvalue weighted by Gasteiger charge is 2.21. The first-order valence-electron chi connectivity index (χ1n) is 10.3. The molecule has 1 saturated heterocycles. The van der Waals surface area contributed by atoms with Gasteiger partial charge in [-0.3, -0.25) is 14.2 Å². The molecule has 1 aliphatic heterocycles. The zero-order chi connectivity index (χ0) is 21.1.